The van der Waals surface area contributed by atoms with E-state index in [9.17, 15) is 5.11 Å². The smallest absolute Gasteiger partial charge is 0.229 e. The lowest BCUT2D eigenvalue weighted by atomic mass is 10.0. The zero-order valence-corrected chi connectivity index (χ0v) is 12.8. The molecule has 0 aliphatic carbocycles. The normalized spacial score (nSPS) is 12.9. The first-order valence-corrected chi connectivity index (χ1v) is 7.04. The van der Waals surface area contributed by atoms with Crippen molar-refractivity contribution in [2.75, 3.05) is 0 Å². The van der Waals surface area contributed by atoms with Crippen LogP contribution in [0.15, 0.2) is 27.2 Å². The van der Waals surface area contributed by atoms with Crippen molar-refractivity contribution in [3.05, 3.63) is 34.1 Å². The summed E-state index contributed by atoms with van der Waals surface area (Å²) in [6, 6.07) is 5.91. The molecule has 2 aromatic rings. The van der Waals surface area contributed by atoms with Crippen LogP contribution in [0.1, 0.15) is 25.3 Å². The molecule has 1 unspecified atom stereocenters. The van der Waals surface area contributed by atoms with Gasteiger partial charge in [-0.25, -0.2) is 0 Å². The molecule has 0 bridgehead atoms. The molecule has 0 fully saturated rings. The van der Waals surface area contributed by atoms with Crippen LogP contribution in [-0.4, -0.2) is 21.4 Å². The Balaban J connectivity index is 2.18. The Labute approximate surface area is 121 Å². The first-order chi connectivity index (χ1) is 8.97. The van der Waals surface area contributed by atoms with E-state index in [1.807, 2.05) is 39.0 Å². The van der Waals surface area contributed by atoms with Crippen LogP contribution in [0, 0.1) is 12.8 Å². The van der Waals surface area contributed by atoms with E-state index in [4.69, 9.17) is 4.52 Å². The van der Waals surface area contributed by atoms with Gasteiger partial charge in [0.15, 0.2) is 0 Å². The van der Waals surface area contributed by atoms with E-state index >= 15 is 0 Å². The topological polar surface area (TPSA) is 59.2 Å². The second-order valence-corrected chi connectivity index (χ2v) is 5.85. The van der Waals surface area contributed by atoms with Gasteiger partial charge < -0.3 is 9.63 Å². The Kier molecular flexibility index (Phi) is 4.37. The summed E-state index contributed by atoms with van der Waals surface area (Å²) in [6.45, 7) is 5.94. The number of nitrogens with zero attached hydrogens (tertiary/aromatic N) is 2. The van der Waals surface area contributed by atoms with Crippen molar-refractivity contribution in [1.82, 2.24) is 10.1 Å². The molecule has 1 aromatic carbocycles. The number of aliphatic hydroxyl groups is 1. The van der Waals surface area contributed by atoms with E-state index in [0.717, 1.165) is 15.6 Å². The molecule has 0 saturated heterocycles. The first-order valence-electron chi connectivity index (χ1n) is 6.24. The summed E-state index contributed by atoms with van der Waals surface area (Å²) in [4.78, 5) is 4.32. The van der Waals surface area contributed by atoms with Crippen molar-refractivity contribution in [1.29, 1.82) is 0 Å². The summed E-state index contributed by atoms with van der Waals surface area (Å²) in [5.41, 5.74) is 2.05. The molecule has 2 rings (SSSR count). The van der Waals surface area contributed by atoms with E-state index in [1.54, 1.807) is 0 Å². The minimum atomic E-state index is -0.460. The second kappa shape index (κ2) is 5.84. The molecule has 0 amide bonds. The molecule has 4 nitrogen and oxygen atoms in total. The van der Waals surface area contributed by atoms with Gasteiger partial charge in [-0.2, -0.15) is 4.98 Å². The van der Waals surface area contributed by atoms with Gasteiger partial charge in [-0.3, -0.25) is 0 Å². The van der Waals surface area contributed by atoms with Gasteiger partial charge in [0.1, 0.15) is 0 Å². The Morgan fingerprint density at radius 1 is 1.37 bits per heavy atom. The molecule has 5 heteroatoms. The number of rotatable bonds is 4. The number of benzene rings is 1. The molecule has 0 radical (unpaired) electrons. The summed E-state index contributed by atoms with van der Waals surface area (Å²) in [5.74, 6) is 1.18. The van der Waals surface area contributed by atoms with E-state index in [0.29, 0.717) is 18.1 Å². The molecule has 0 aliphatic heterocycles. The van der Waals surface area contributed by atoms with E-state index in [1.165, 1.54) is 0 Å². The molecule has 1 atom stereocenters. The molecule has 19 heavy (non-hydrogen) atoms. The summed E-state index contributed by atoms with van der Waals surface area (Å²) in [6.07, 6.45) is -0.0735. The zero-order chi connectivity index (χ0) is 14.0. The fourth-order valence-corrected chi connectivity index (χ4v) is 1.98. The zero-order valence-electron chi connectivity index (χ0n) is 11.2. The largest absolute Gasteiger partial charge is 0.392 e. The van der Waals surface area contributed by atoms with Gasteiger partial charge in [0.2, 0.25) is 11.7 Å². The maximum absolute atomic E-state index is 9.80. The highest BCUT2D eigenvalue weighted by Gasteiger charge is 2.16. The van der Waals surface area contributed by atoms with Crippen molar-refractivity contribution >= 4 is 15.9 Å². The monoisotopic (exact) mass is 324 g/mol. The molecule has 0 aliphatic rings. The first kappa shape index (κ1) is 14.2. The highest BCUT2D eigenvalue weighted by atomic mass is 79.9. The maximum atomic E-state index is 9.80. The SMILES string of the molecule is Cc1ccc(-c2noc(CC(O)C(C)C)n2)cc1Br. The van der Waals surface area contributed by atoms with Crippen molar-refractivity contribution in [2.45, 2.75) is 33.3 Å². The Hall–Kier alpha value is -1.20. The van der Waals surface area contributed by atoms with Gasteiger partial charge in [0.05, 0.1) is 12.5 Å². The Bertz CT molecular complexity index is 566. The van der Waals surface area contributed by atoms with E-state index < -0.39 is 6.10 Å². The highest BCUT2D eigenvalue weighted by molar-refractivity contribution is 9.10. The number of aromatic nitrogens is 2. The number of hydrogen-bond acceptors (Lipinski definition) is 4. The number of halogens is 1. The highest BCUT2D eigenvalue weighted by Crippen LogP contribution is 2.24. The van der Waals surface area contributed by atoms with Crippen molar-refractivity contribution in [3.63, 3.8) is 0 Å². The maximum Gasteiger partial charge on any atom is 0.229 e. The third kappa shape index (κ3) is 3.42. The lowest BCUT2D eigenvalue weighted by Gasteiger charge is -2.10. The molecule has 1 N–H and O–H groups in total. The van der Waals surface area contributed by atoms with Gasteiger partial charge in [0, 0.05) is 10.0 Å². The summed E-state index contributed by atoms with van der Waals surface area (Å²) >= 11 is 3.48. The van der Waals surface area contributed by atoms with Gasteiger partial charge in [-0.1, -0.05) is 47.1 Å². The number of aryl methyl sites for hydroxylation is 1. The predicted molar refractivity (Wildman–Crippen MR) is 76.7 cm³/mol. The third-order valence-corrected chi connectivity index (χ3v) is 3.91. The standard InChI is InChI=1S/C14H17BrN2O2/c1-8(2)12(18)7-13-16-14(17-19-13)10-5-4-9(3)11(15)6-10/h4-6,8,12,18H,7H2,1-3H3. The van der Waals surface area contributed by atoms with Crippen LogP contribution in [0.2, 0.25) is 0 Å². The van der Waals surface area contributed by atoms with Crippen LogP contribution in [0.3, 0.4) is 0 Å². The fourth-order valence-electron chi connectivity index (χ4n) is 1.60. The third-order valence-electron chi connectivity index (χ3n) is 3.05. The molecule has 0 spiro atoms. The van der Waals surface area contributed by atoms with Crippen LogP contribution in [0.4, 0.5) is 0 Å². The van der Waals surface area contributed by atoms with Gasteiger partial charge in [-0.15, -0.1) is 0 Å². The van der Waals surface area contributed by atoms with Crippen LogP contribution in [-0.2, 0) is 6.42 Å². The molecule has 0 saturated carbocycles. The molecular formula is C14H17BrN2O2. The van der Waals surface area contributed by atoms with Gasteiger partial charge in [0.25, 0.3) is 0 Å². The van der Waals surface area contributed by atoms with Crippen molar-refractivity contribution in [3.8, 4) is 11.4 Å². The quantitative estimate of drug-likeness (QED) is 0.936. The molecule has 1 aromatic heterocycles. The summed E-state index contributed by atoms with van der Waals surface area (Å²) < 4.78 is 6.19. The van der Waals surface area contributed by atoms with Crippen molar-refractivity contribution < 1.29 is 9.63 Å². The lowest BCUT2D eigenvalue weighted by molar-refractivity contribution is 0.116. The molecule has 102 valence electrons. The average Bonchev–Trinajstić information content (AvgIpc) is 2.81. The van der Waals surface area contributed by atoms with Crippen LogP contribution in [0.25, 0.3) is 11.4 Å². The predicted octanol–water partition coefficient (Wildman–Crippen LogP) is 3.37. The van der Waals surface area contributed by atoms with Gasteiger partial charge >= 0.3 is 0 Å². The fraction of sp³-hybridized carbons (Fsp3) is 0.429. The van der Waals surface area contributed by atoms with Crippen LogP contribution >= 0.6 is 15.9 Å². The Morgan fingerprint density at radius 2 is 2.11 bits per heavy atom. The minimum absolute atomic E-state index is 0.170. The second-order valence-electron chi connectivity index (χ2n) is 4.99. The Morgan fingerprint density at radius 3 is 2.74 bits per heavy atom. The van der Waals surface area contributed by atoms with Crippen LogP contribution < -0.4 is 0 Å². The van der Waals surface area contributed by atoms with Crippen LogP contribution in [0.5, 0.6) is 0 Å². The number of aliphatic hydroxyl groups excluding tert-OH is 1. The summed E-state index contributed by atoms with van der Waals surface area (Å²) in [5, 5.41) is 13.8. The van der Waals surface area contributed by atoms with Gasteiger partial charge in [-0.05, 0) is 24.5 Å². The minimum Gasteiger partial charge on any atom is -0.392 e. The molecule has 1 heterocycles. The van der Waals surface area contributed by atoms with E-state index in [2.05, 4.69) is 26.1 Å². The lowest BCUT2D eigenvalue weighted by Crippen LogP contribution is -2.17. The number of hydrogen-bond donors (Lipinski definition) is 1. The van der Waals surface area contributed by atoms with Crippen molar-refractivity contribution in [2.24, 2.45) is 5.92 Å². The molecular weight excluding hydrogens is 308 g/mol. The average molecular weight is 325 g/mol. The van der Waals surface area contributed by atoms with E-state index in [-0.39, 0.29) is 5.92 Å². The summed E-state index contributed by atoms with van der Waals surface area (Å²) in [7, 11) is 0.